The van der Waals surface area contributed by atoms with Crippen LogP contribution in [0.2, 0.25) is 0 Å². The van der Waals surface area contributed by atoms with Gasteiger partial charge in [0.05, 0.1) is 12.1 Å². The van der Waals surface area contributed by atoms with Gasteiger partial charge >= 0.3 is 5.97 Å². The van der Waals surface area contributed by atoms with E-state index in [1.165, 1.54) is 11.8 Å². The van der Waals surface area contributed by atoms with E-state index in [0.717, 1.165) is 6.42 Å². The van der Waals surface area contributed by atoms with Gasteiger partial charge in [-0.2, -0.15) is 0 Å². The number of aliphatic carboxylic acids is 1. The summed E-state index contributed by atoms with van der Waals surface area (Å²) >= 11 is 0. The van der Waals surface area contributed by atoms with E-state index < -0.39 is 84.3 Å². The zero-order chi connectivity index (χ0) is 30.9. The molecule has 14 heteroatoms. The van der Waals surface area contributed by atoms with Gasteiger partial charge in [-0.25, -0.2) is 0 Å². The lowest BCUT2D eigenvalue weighted by Crippen LogP contribution is -2.61. The zero-order valence-corrected chi connectivity index (χ0v) is 24.6. The van der Waals surface area contributed by atoms with Crippen LogP contribution in [0.3, 0.4) is 0 Å². The Morgan fingerprint density at radius 3 is 2.07 bits per heavy atom. The maximum atomic E-state index is 13.6. The monoisotopic (exact) mass is 582 g/mol. The Hall–Kier alpha value is -3.26. The van der Waals surface area contributed by atoms with E-state index >= 15 is 0 Å². The van der Waals surface area contributed by atoms with Crippen LogP contribution in [0.4, 0.5) is 0 Å². The summed E-state index contributed by atoms with van der Waals surface area (Å²) in [5.74, 6) is -4.41. The predicted molar refractivity (Wildman–Crippen MR) is 148 cm³/mol. The number of carbonyl (C=O) groups is 6. The predicted octanol–water partition coefficient (Wildman–Crippen LogP) is -1.53. The standard InChI is InChI=1S/C27H46N6O8/c1-14(2)12-18(27(41)33-11-7-9-19(33)24(38)29-13-20(35)36)30-25(39)21(15(3)4)31-26(40)22(16(5)34)32-23(37)17-8-6-10-28-17/h14-19,21-22,28,34H,6-13H2,1-5H3,(H,29,38)(H,30,39)(H,31,40)(H,32,37)(H,35,36)/t16-,17+,18+,19+,21+,22+/m1/s1. The second kappa shape index (κ2) is 15.7. The molecular formula is C27H46N6O8. The van der Waals surface area contributed by atoms with Crippen LogP contribution in [0.25, 0.3) is 0 Å². The molecule has 2 rings (SSSR count). The molecule has 0 radical (unpaired) electrons. The minimum Gasteiger partial charge on any atom is -0.480 e. The summed E-state index contributed by atoms with van der Waals surface area (Å²) in [5.41, 5.74) is 0. The smallest absolute Gasteiger partial charge is 0.322 e. The number of aliphatic hydroxyl groups is 1. The zero-order valence-electron chi connectivity index (χ0n) is 24.6. The van der Waals surface area contributed by atoms with Crippen molar-refractivity contribution >= 4 is 35.5 Å². The Labute approximate surface area is 240 Å². The Morgan fingerprint density at radius 2 is 1.54 bits per heavy atom. The van der Waals surface area contributed by atoms with Crippen molar-refractivity contribution in [2.45, 2.75) is 103 Å². The largest absolute Gasteiger partial charge is 0.480 e. The van der Waals surface area contributed by atoms with Crippen molar-refractivity contribution in [1.29, 1.82) is 0 Å². The fourth-order valence-electron chi connectivity index (χ4n) is 5.08. The first-order valence-corrected chi connectivity index (χ1v) is 14.3. The van der Waals surface area contributed by atoms with Crippen molar-refractivity contribution in [2.75, 3.05) is 19.6 Å². The molecule has 2 fully saturated rings. The van der Waals surface area contributed by atoms with Gasteiger partial charge in [-0.3, -0.25) is 28.8 Å². The number of likely N-dealkylation sites (tertiary alicyclic amines) is 1. The van der Waals surface area contributed by atoms with E-state index in [4.69, 9.17) is 5.11 Å². The van der Waals surface area contributed by atoms with Gasteiger partial charge in [0, 0.05) is 6.54 Å². The lowest BCUT2D eigenvalue weighted by Gasteiger charge is -2.31. The number of carboxylic acid groups (broad SMARTS) is 1. The first-order chi connectivity index (χ1) is 19.2. The van der Waals surface area contributed by atoms with Gasteiger partial charge in [-0.15, -0.1) is 0 Å². The van der Waals surface area contributed by atoms with E-state index in [0.29, 0.717) is 25.8 Å². The molecule has 6 atom stereocenters. The summed E-state index contributed by atoms with van der Waals surface area (Å²) in [6.07, 6.45) is 1.39. The summed E-state index contributed by atoms with van der Waals surface area (Å²) in [5, 5.41) is 32.4. The number of nitrogens with one attached hydrogen (secondary N) is 5. The molecule has 2 saturated heterocycles. The fraction of sp³-hybridized carbons (Fsp3) is 0.778. The second-order valence-corrected chi connectivity index (χ2v) is 11.6. The minimum absolute atomic E-state index is 0.00254. The number of hydrogen-bond donors (Lipinski definition) is 7. The molecule has 0 aromatic rings. The number of nitrogens with zero attached hydrogens (tertiary/aromatic N) is 1. The molecule has 5 amide bonds. The fourth-order valence-corrected chi connectivity index (χ4v) is 5.08. The first kappa shape index (κ1) is 33.9. The van der Waals surface area contributed by atoms with Crippen LogP contribution in [-0.4, -0.2) is 107 Å². The van der Waals surface area contributed by atoms with Crippen molar-refractivity contribution in [2.24, 2.45) is 11.8 Å². The third kappa shape index (κ3) is 9.95. The van der Waals surface area contributed by atoms with Crippen LogP contribution in [-0.2, 0) is 28.8 Å². The third-order valence-corrected chi connectivity index (χ3v) is 7.26. The number of rotatable bonds is 14. The molecular weight excluding hydrogens is 536 g/mol. The summed E-state index contributed by atoms with van der Waals surface area (Å²) in [6.45, 7) is 8.95. The van der Waals surface area contributed by atoms with E-state index in [1.54, 1.807) is 13.8 Å². The van der Waals surface area contributed by atoms with Crippen LogP contribution in [0, 0.1) is 11.8 Å². The van der Waals surface area contributed by atoms with Gasteiger partial charge in [0.15, 0.2) is 0 Å². The van der Waals surface area contributed by atoms with Crippen LogP contribution in [0.5, 0.6) is 0 Å². The molecule has 0 aromatic heterocycles. The molecule has 0 unspecified atom stereocenters. The molecule has 232 valence electrons. The van der Waals surface area contributed by atoms with E-state index in [2.05, 4.69) is 26.6 Å². The van der Waals surface area contributed by atoms with E-state index in [-0.39, 0.29) is 18.9 Å². The van der Waals surface area contributed by atoms with Gasteiger partial charge in [0.2, 0.25) is 29.5 Å². The molecule has 41 heavy (non-hydrogen) atoms. The number of hydrogen-bond acceptors (Lipinski definition) is 8. The van der Waals surface area contributed by atoms with Gasteiger partial charge in [0.25, 0.3) is 0 Å². The van der Waals surface area contributed by atoms with Crippen molar-refractivity contribution in [1.82, 2.24) is 31.5 Å². The summed E-state index contributed by atoms with van der Waals surface area (Å²) in [4.78, 5) is 77.5. The summed E-state index contributed by atoms with van der Waals surface area (Å²) < 4.78 is 0. The van der Waals surface area contributed by atoms with Gasteiger partial charge < -0.3 is 41.7 Å². The number of carboxylic acids is 1. The van der Waals surface area contributed by atoms with Crippen molar-refractivity contribution in [3.63, 3.8) is 0 Å². The molecule has 2 aliphatic rings. The SMILES string of the molecule is CC(C)C[C@H](NC(=O)[C@@H](NC(=O)[C@@H](NC(=O)[C@@H]1CCCN1)[C@@H](C)O)C(C)C)C(=O)N1CCC[C@H]1C(=O)NCC(=O)O. The summed E-state index contributed by atoms with van der Waals surface area (Å²) in [7, 11) is 0. The second-order valence-electron chi connectivity index (χ2n) is 11.6. The minimum atomic E-state index is -1.29. The first-order valence-electron chi connectivity index (χ1n) is 14.3. The van der Waals surface area contributed by atoms with Crippen molar-refractivity contribution < 1.29 is 39.0 Å². The molecule has 0 bridgehead atoms. The van der Waals surface area contributed by atoms with Gasteiger partial charge in [-0.1, -0.05) is 27.7 Å². The van der Waals surface area contributed by atoms with Crippen molar-refractivity contribution in [3.05, 3.63) is 0 Å². The van der Waals surface area contributed by atoms with Crippen molar-refractivity contribution in [3.8, 4) is 0 Å². The molecule has 0 aromatic carbocycles. The van der Waals surface area contributed by atoms with E-state index in [9.17, 15) is 33.9 Å². The molecule has 2 aliphatic heterocycles. The van der Waals surface area contributed by atoms with E-state index in [1.807, 2.05) is 13.8 Å². The number of amides is 5. The Kier molecular flexibility index (Phi) is 13.0. The highest BCUT2D eigenvalue weighted by Crippen LogP contribution is 2.21. The Balaban J connectivity index is 2.14. The highest BCUT2D eigenvalue weighted by atomic mass is 16.4. The quantitative estimate of drug-likeness (QED) is 0.127. The summed E-state index contributed by atoms with van der Waals surface area (Å²) in [6, 6.07) is -4.67. The molecule has 0 spiro atoms. The molecule has 2 heterocycles. The lowest BCUT2D eigenvalue weighted by atomic mass is 9.98. The third-order valence-electron chi connectivity index (χ3n) is 7.26. The average Bonchev–Trinajstić information content (AvgIpc) is 3.60. The topological polar surface area (TPSA) is 206 Å². The molecule has 0 saturated carbocycles. The maximum Gasteiger partial charge on any atom is 0.322 e. The lowest BCUT2D eigenvalue weighted by molar-refractivity contribution is -0.143. The Bertz CT molecular complexity index is 965. The highest BCUT2D eigenvalue weighted by Gasteiger charge is 2.39. The average molecular weight is 583 g/mol. The normalized spacial score (nSPS) is 21.6. The number of carbonyl (C=O) groups excluding carboxylic acids is 5. The number of aliphatic hydroxyl groups excluding tert-OH is 1. The van der Waals surface area contributed by atoms with Gasteiger partial charge in [-0.05, 0) is 57.4 Å². The Morgan fingerprint density at radius 1 is 0.878 bits per heavy atom. The van der Waals surface area contributed by atoms with Crippen LogP contribution in [0.15, 0.2) is 0 Å². The highest BCUT2D eigenvalue weighted by molar-refractivity contribution is 5.96. The van der Waals surface area contributed by atoms with Gasteiger partial charge in [0.1, 0.15) is 30.7 Å². The molecule has 7 N–H and O–H groups in total. The van der Waals surface area contributed by atoms with Crippen LogP contribution < -0.4 is 26.6 Å². The van der Waals surface area contributed by atoms with Crippen LogP contribution >= 0.6 is 0 Å². The molecule has 0 aliphatic carbocycles. The van der Waals surface area contributed by atoms with Crippen LogP contribution in [0.1, 0.15) is 66.7 Å². The molecule has 14 nitrogen and oxygen atoms in total. The maximum absolute atomic E-state index is 13.6.